The Balaban J connectivity index is 4.03. The van der Waals surface area contributed by atoms with Gasteiger partial charge in [-0.25, -0.2) is 4.79 Å². The molecule has 1 heterocycles. The first-order chi connectivity index (χ1) is 30.8. The van der Waals surface area contributed by atoms with E-state index < -0.39 is 132 Å². The maximum Gasteiger partial charge on any atom is 0.329 e. The quantitative estimate of drug-likeness (QED) is 0.0703. The minimum Gasteiger partial charge on any atom is -0.481 e. The van der Waals surface area contributed by atoms with Gasteiger partial charge in [-0.3, -0.25) is 43.2 Å². The number of rotatable bonds is 18. The average Bonchev–Trinajstić information content (AvgIpc) is 3.20. The van der Waals surface area contributed by atoms with Gasteiger partial charge in [-0.2, -0.15) is 0 Å². The number of amides is 8. The van der Waals surface area contributed by atoms with Crippen LogP contribution in [0.1, 0.15) is 153 Å². The van der Waals surface area contributed by atoms with Crippen molar-refractivity contribution in [3.8, 4) is 0 Å². The summed E-state index contributed by atoms with van der Waals surface area (Å²) in [7, 11) is 0. The monoisotopic (exact) mass is 937 g/mol. The lowest BCUT2D eigenvalue weighted by molar-refractivity contribution is -0.156. The smallest absolute Gasteiger partial charge is 0.329 e. The van der Waals surface area contributed by atoms with Gasteiger partial charge in [-0.15, -0.1) is 0 Å². The van der Waals surface area contributed by atoms with Gasteiger partial charge in [-0.1, -0.05) is 95.4 Å². The molecule has 1 aliphatic heterocycles. The van der Waals surface area contributed by atoms with Crippen molar-refractivity contribution in [1.82, 2.24) is 37.2 Å². The third-order valence-electron chi connectivity index (χ3n) is 11.2. The van der Waals surface area contributed by atoms with E-state index in [2.05, 4.69) is 37.2 Å². The number of aliphatic carboxylic acids is 1. The molecule has 0 aromatic carbocycles. The second-order valence-electron chi connectivity index (χ2n) is 19.2. The zero-order chi connectivity index (χ0) is 50.4. The highest BCUT2D eigenvalue weighted by molar-refractivity contribution is 5.98. The first kappa shape index (κ1) is 58.7. The first-order valence-electron chi connectivity index (χ1n) is 23.6. The molecule has 0 saturated carbocycles. The summed E-state index contributed by atoms with van der Waals surface area (Å²) in [6.07, 6.45) is 0.122. The highest BCUT2D eigenvalue weighted by Crippen LogP contribution is 2.18. The van der Waals surface area contributed by atoms with Gasteiger partial charge in [0.1, 0.15) is 48.4 Å². The summed E-state index contributed by atoms with van der Waals surface area (Å²) in [6.45, 7) is 19.5. The Bertz CT molecular complexity index is 1670. The standard InChI is InChI=1S/C46H80N8O12/c1-12-14-15-16-29-22-36(56)48-30(17-18-35(47)55)40(59)49-31(19-24(3)4)41(60)50-32(20-25(5)6)43(62)53-38(27(9)10)45(64)52-34(23-37(57)58)42(61)51-33(21-26(7)8)44(63)54-39(28(11)13-2)46(65)66-29/h24-34,38-39H,12-23H2,1-11H3,(H2,47,55)(H,48,56)(H,49,59)(H,50,60)(H,51,61)(H,52,64)(H,53,62)(H,54,63)(H,57,58)/t28-,29?,30-,31-,32+,33+,34-,38-,39-/m0/s1. The highest BCUT2D eigenvalue weighted by atomic mass is 16.5. The Morgan fingerprint density at radius 2 is 1.03 bits per heavy atom. The molecule has 9 atom stereocenters. The number of hydrogen-bond donors (Lipinski definition) is 9. The second kappa shape index (κ2) is 29.4. The molecule has 66 heavy (non-hydrogen) atoms. The molecule has 1 saturated heterocycles. The van der Waals surface area contributed by atoms with Crippen molar-refractivity contribution in [2.24, 2.45) is 35.3 Å². The SMILES string of the molecule is CCCCCC1CC(=O)N[C@@H](CCC(N)=O)C(=O)N[C@@H](CC(C)C)C(=O)N[C@H](CC(C)C)C(=O)N[C@@H](C(C)C)C(=O)N[C@@H](CC(=O)O)C(=O)N[C@H](CC(C)C)C(=O)N[C@@H]([C@@H](C)CC)C(=O)O1. The summed E-state index contributed by atoms with van der Waals surface area (Å²) in [5.74, 6) is -10.4. The first-order valence-corrected chi connectivity index (χ1v) is 23.6. The molecule has 0 radical (unpaired) electrons. The molecule has 0 aromatic heterocycles. The van der Waals surface area contributed by atoms with Crippen molar-refractivity contribution in [2.45, 2.75) is 202 Å². The largest absolute Gasteiger partial charge is 0.481 e. The minimum absolute atomic E-state index is 0.0452. The van der Waals surface area contributed by atoms with Crippen LogP contribution in [0.25, 0.3) is 0 Å². The van der Waals surface area contributed by atoms with Crippen LogP contribution in [0.2, 0.25) is 0 Å². The predicted molar refractivity (Wildman–Crippen MR) is 245 cm³/mol. The maximum atomic E-state index is 14.1. The summed E-state index contributed by atoms with van der Waals surface area (Å²) < 4.78 is 5.95. The number of carboxylic acids is 1. The van der Waals surface area contributed by atoms with Crippen molar-refractivity contribution >= 4 is 59.2 Å². The molecule has 10 N–H and O–H groups in total. The van der Waals surface area contributed by atoms with Crippen LogP contribution in [0.3, 0.4) is 0 Å². The third kappa shape index (κ3) is 21.8. The molecule has 8 amide bonds. The lowest BCUT2D eigenvalue weighted by Crippen LogP contribution is -2.61. The third-order valence-corrected chi connectivity index (χ3v) is 11.2. The van der Waals surface area contributed by atoms with Crippen molar-refractivity contribution in [1.29, 1.82) is 0 Å². The van der Waals surface area contributed by atoms with E-state index in [0.29, 0.717) is 12.8 Å². The fourth-order valence-electron chi connectivity index (χ4n) is 7.36. The van der Waals surface area contributed by atoms with E-state index in [0.717, 1.165) is 12.8 Å². The van der Waals surface area contributed by atoms with Gasteiger partial charge in [0.25, 0.3) is 0 Å². The number of ether oxygens (including phenoxy) is 1. The Labute approximate surface area is 390 Å². The molecule has 376 valence electrons. The maximum absolute atomic E-state index is 14.1. The molecule has 1 fully saturated rings. The fraction of sp³-hybridized carbons (Fsp3) is 0.783. The van der Waals surface area contributed by atoms with Crippen LogP contribution in [0.15, 0.2) is 0 Å². The molecule has 1 aliphatic rings. The number of carboxylic acid groups (broad SMARTS) is 1. The Kier molecular flexibility index (Phi) is 26.1. The Morgan fingerprint density at radius 1 is 0.591 bits per heavy atom. The molecule has 20 nitrogen and oxygen atoms in total. The Hall–Kier alpha value is -5.30. The molecule has 0 spiro atoms. The van der Waals surface area contributed by atoms with E-state index in [9.17, 15) is 53.1 Å². The molecule has 0 aromatic rings. The van der Waals surface area contributed by atoms with E-state index in [1.807, 2.05) is 20.8 Å². The van der Waals surface area contributed by atoms with Gasteiger partial charge in [0.15, 0.2) is 0 Å². The summed E-state index contributed by atoms with van der Waals surface area (Å²) in [5.41, 5.74) is 5.44. The number of cyclic esters (lactones) is 1. The van der Waals surface area contributed by atoms with Crippen LogP contribution < -0.4 is 43.0 Å². The van der Waals surface area contributed by atoms with Gasteiger partial charge in [-0.05, 0) is 68.1 Å². The van der Waals surface area contributed by atoms with Gasteiger partial charge < -0.3 is 52.8 Å². The number of esters is 1. The molecular weight excluding hydrogens is 857 g/mol. The van der Waals surface area contributed by atoms with Crippen molar-refractivity contribution < 1.29 is 57.8 Å². The van der Waals surface area contributed by atoms with Crippen LogP contribution in [0, 0.1) is 29.6 Å². The van der Waals surface area contributed by atoms with E-state index in [1.165, 1.54) is 0 Å². The second-order valence-corrected chi connectivity index (χ2v) is 19.2. The summed E-state index contributed by atoms with van der Waals surface area (Å²) in [6, 6.07) is -9.47. The highest BCUT2D eigenvalue weighted by Gasteiger charge is 2.38. The van der Waals surface area contributed by atoms with E-state index in [-0.39, 0.29) is 56.3 Å². The van der Waals surface area contributed by atoms with Gasteiger partial charge in [0.05, 0.1) is 12.8 Å². The number of nitrogens with two attached hydrogens (primary N) is 1. The number of nitrogens with one attached hydrogen (secondary N) is 7. The molecule has 0 aliphatic carbocycles. The van der Waals surface area contributed by atoms with Crippen LogP contribution in [-0.2, 0) is 52.7 Å². The number of carbonyl (C=O) groups is 10. The van der Waals surface area contributed by atoms with E-state index in [1.54, 1.807) is 55.4 Å². The molecule has 1 unspecified atom stereocenters. The molecule has 20 heteroatoms. The van der Waals surface area contributed by atoms with Crippen molar-refractivity contribution in [3.63, 3.8) is 0 Å². The van der Waals surface area contributed by atoms with E-state index >= 15 is 0 Å². The molecule has 1 rings (SSSR count). The van der Waals surface area contributed by atoms with Crippen LogP contribution in [0.5, 0.6) is 0 Å². The normalized spacial score (nSPS) is 25.6. The zero-order valence-electron chi connectivity index (χ0n) is 41.0. The zero-order valence-corrected chi connectivity index (χ0v) is 41.0. The average molecular weight is 937 g/mol. The van der Waals surface area contributed by atoms with Crippen molar-refractivity contribution in [3.05, 3.63) is 0 Å². The number of unbranched alkanes of at least 4 members (excludes halogenated alkanes) is 2. The number of hydrogen-bond acceptors (Lipinski definition) is 11. The topological polar surface area (TPSA) is 310 Å². The molecular formula is C46H80N8O12. The lowest BCUT2D eigenvalue weighted by Gasteiger charge is -2.30. The Morgan fingerprint density at radius 3 is 1.45 bits per heavy atom. The van der Waals surface area contributed by atoms with Gasteiger partial charge in [0.2, 0.25) is 47.3 Å². The summed E-state index contributed by atoms with van der Waals surface area (Å²) in [4.78, 5) is 136. The van der Waals surface area contributed by atoms with Crippen molar-refractivity contribution in [2.75, 3.05) is 0 Å². The molecule has 0 bridgehead atoms. The number of primary amides is 1. The van der Waals surface area contributed by atoms with Crippen LogP contribution >= 0.6 is 0 Å². The minimum atomic E-state index is -1.71. The predicted octanol–water partition coefficient (Wildman–Crippen LogP) is 1.86. The van der Waals surface area contributed by atoms with Crippen LogP contribution in [-0.4, -0.2) is 113 Å². The van der Waals surface area contributed by atoms with Gasteiger partial charge >= 0.3 is 11.9 Å². The lowest BCUT2D eigenvalue weighted by atomic mass is 9.97. The summed E-state index contributed by atoms with van der Waals surface area (Å²) >= 11 is 0. The van der Waals surface area contributed by atoms with Gasteiger partial charge in [0, 0.05) is 6.42 Å². The van der Waals surface area contributed by atoms with Crippen LogP contribution in [0.4, 0.5) is 0 Å². The van der Waals surface area contributed by atoms with E-state index in [4.69, 9.17) is 10.5 Å². The fourth-order valence-corrected chi connectivity index (χ4v) is 7.36. The number of carbonyl (C=O) groups excluding carboxylic acids is 9. The summed E-state index contributed by atoms with van der Waals surface area (Å²) in [5, 5.41) is 28.2.